The van der Waals surface area contributed by atoms with Gasteiger partial charge in [-0.2, -0.15) is 0 Å². The zero-order chi connectivity index (χ0) is 23.6. The van der Waals surface area contributed by atoms with Crippen LogP contribution in [-0.4, -0.2) is 52.3 Å². The Balaban J connectivity index is 1.55. The van der Waals surface area contributed by atoms with E-state index in [0.29, 0.717) is 23.0 Å². The Morgan fingerprint density at radius 1 is 0.970 bits per heavy atom. The first-order chi connectivity index (χ1) is 15.6. The van der Waals surface area contributed by atoms with E-state index < -0.39 is 15.4 Å². The minimum atomic E-state index is -3.10. The molecule has 3 aromatic rings. The Morgan fingerprint density at radius 3 is 2.09 bits per heavy atom. The molecule has 4 rings (SSSR count). The molecule has 2 heterocycles. The molecule has 7 nitrogen and oxygen atoms in total. The minimum Gasteiger partial charge on any atom is -0.349 e. The molecule has 1 aliphatic rings. The number of amides is 1. The normalized spacial score (nSPS) is 19.4. The summed E-state index contributed by atoms with van der Waals surface area (Å²) >= 11 is 1.18. The van der Waals surface area contributed by atoms with Gasteiger partial charge in [0.15, 0.2) is 9.84 Å². The lowest BCUT2D eigenvalue weighted by Gasteiger charge is -2.23. The highest BCUT2D eigenvalue weighted by Gasteiger charge is 2.39. The SMILES string of the molecule is Cc1ccc(-c2nnc(SCC(=O)N[C@]3(C)CCS(=O)(=O)C3)nc2-c2ccc(C)cc2)cc1. The molecular formula is C24H26N4O3S2. The molecule has 1 fully saturated rings. The van der Waals surface area contributed by atoms with E-state index in [1.165, 1.54) is 11.8 Å². The summed E-state index contributed by atoms with van der Waals surface area (Å²) < 4.78 is 23.6. The standard InChI is InChI=1S/C24H26N4O3S2/c1-16-4-8-18(9-5-16)21-22(19-10-6-17(2)7-11-19)27-28-23(25-21)32-14-20(29)26-24(3)12-13-33(30,31)15-24/h4-11H,12-15H2,1-3H3,(H,26,29)/t24-/m1/s1. The van der Waals surface area contributed by atoms with Crippen molar-refractivity contribution < 1.29 is 13.2 Å². The lowest BCUT2D eigenvalue weighted by molar-refractivity contribution is -0.120. The Kier molecular flexibility index (Phi) is 6.54. The van der Waals surface area contributed by atoms with E-state index >= 15 is 0 Å². The number of nitrogens with one attached hydrogen (secondary N) is 1. The van der Waals surface area contributed by atoms with Gasteiger partial charge in [-0.3, -0.25) is 4.79 Å². The zero-order valence-electron chi connectivity index (χ0n) is 18.8. The van der Waals surface area contributed by atoms with Crippen molar-refractivity contribution in [2.45, 2.75) is 37.9 Å². The number of carbonyl (C=O) groups is 1. The molecular weight excluding hydrogens is 456 g/mol. The predicted octanol–water partition coefficient (Wildman–Crippen LogP) is 3.61. The summed E-state index contributed by atoms with van der Waals surface area (Å²) in [5.74, 6) is -0.0985. The van der Waals surface area contributed by atoms with E-state index in [1.54, 1.807) is 6.92 Å². The maximum absolute atomic E-state index is 12.5. The number of thioether (sulfide) groups is 1. The second-order valence-corrected chi connectivity index (χ2v) is 11.9. The largest absolute Gasteiger partial charge is 0.349 e. The number of benzene rings is 2. The molecule has 1 N–H and O–H groups in total. The van der Waals surface area contributed by atoms with Crippen molar-refractivity contribution in [3.63, 3.8) is 0 Å². The van der Waals surface area contributed by atoms with Gasteiger partial charge in [-0.05, 0) is 27.2 Å². The summed E-state index contributed by atoms with van der Waals surface area (Å²) in [4.78, 5) is 17.2. The van der Waals surface area contributed by atoms with Crippen LogP contribution in [0.4, 0.5) is 0 Å². The van der Waals surface area contributed by atoms with E-state index in [0.717, 1.165) is 22.3 Å². The molecule has 33 heavy (non-hydrogen) atoms. The van der Waals surface area contributed by atoms with Crippen LogP contribution in [0.3, 0.4) is 0 Å². The number of sulfone groups is 1. The van der Waals surface area contributed by atoms with Crippen LogP contribution in [0.15, 0.2) is 53.7 Å². The number of aromatic nitrogens is 3. The number of rotatable bonds is 6. The van der Waals surface area contributed by atoms with Gasteiger partial charge in [0.05, 0.1) is 22.8 Å². The monoisotopic (exact) mass is 482 g/mol. The lowest BCUT2D eigenvalue weighted by atomic mass is 10.0. The highest BCUT2D eigenvalue weighted by Crippen LogP contribution is 2.30. The van der Waals surface area contributed by atoms with Gasteiger partial charge in [0.1, 0.15) is 11.4 Å². The quantitative estimate of drug-likeness (QED) is 0.536. The van der Waals surface area contributed by atoms with Gasteiger partial charge >= 0.3 is 0 Å². The van der Waals surface area contributed by atoms with Crippen molar-refractivity contribution in [3.8, 4) is 22.5 Å². The number of carbonyl (C=O) groups excluding carboxylic acids is 1. The second kappa shape index (κ2) is 9.23. The predicted molar refractivity (Wildman–Crippen MR) is 131 cm³/mol. The molecule has 2 aromatic carbocycles. The van der Waals surface area contributed by atoms with Gasteiger partial charge in [-0.25, -0.2) is 13.4 Å². The van der Waals surface area contributed by atoms with Crippen LogP contribution in [0.5, 0.6) is 0 Å². The second-order valence-electron chi connectivity index (χ2n) is 8.76. The molecule has 0 unspecified atom stereocenters. The average molecular weight is 483 g/mol. The Labute approximate surface area is 198 Å². The fourth-order valence-electron chi connectivity index (χ4n) is 3.80. The zero-order valence-corrected chi connectivity index (χ0v) is 20.5. The maximum atomic E-state index is 12.5. The van der Waals surface area contributed by atoms with E-state index in [1.807, 2.05) is 62.4 Å². The number of hydrogen-bond donors (Lipinski definition) is 1. The summed E-state index contributed by atoms with van der Waals surface area (Å²) in [6.07, 6.45) is 0.423. The number of hydrogen-bond acceptors (Lipinski definition) is 7. The van der Waals surface area contributed by atoms with Crippen LogP contribution in [0, 0.1) is 13.8 Å². The van der Waals surface area contributed by atoms with E-state index in [4.69, 9.17) is 4.98 Å². The van der Waals surface area contributed by atoms with Crippen LogP contribution in [0.2, 0.25) is 0 Å². The van der Waals surface area contributed by atoms with Gasteiger partial charge in [0, 0.05) is 11.1 Å². The molecule has 0 aliphatic carbocycles. The van der Waals surface area contributed by atoms with Crippen LogP contribution in [0.1, 0.15) is 24.5 Å². The van der Waals surface area contributed by atoms with E-state index in [2.05, 4.69) is 15.5 Å². The smallest absolute Gasteiger partial charge is 0.230 e. The lowest BCUT2D eigenvalue weighted by Crippen LogP contribution is -2.47. The van der Waals surface area contributed by atoms with E-state index in [9.17, 15) is 13.2 Å². The summed E-state index contributed by atoms with van der Waals surface area (Å²) in [6, 6.07) is 16.1. The third kappa shape index (κ3) is 5.78. The molecule has 1 atom stereocenters. The molecule has 0 bridgehead atoms. The van der Waals surface area contributed by atoms with Crippen molar-refractivity contribution >= 4 is 27.5 Å². The van der Waals surface area contributed by atoms with Crippen LogP contribution in [0.25, 0.3) is 22.5 Å². The van der Waals surface area contributed by atoms with Gasteiger partial charge in [0.2, 0.25) is 11.1 Å². The first kappa shape index (κ1) is 23.4. The van der Waals surface area contributed by atoms with Crippen LogP contribution < -0.4 is 5.32 Å². The van der Waals surface area contributed by atoms with Crippen molar-refractivity contribution in [2.75, 3.05) is 17.3 Å². The molecule has 9 heteroatoms. The molecule has 0 saturated carbocycles. The summed E-state index contributed by atoms with van der Waals surface area (Å²) in [6.45, 7) is 5.82. The van der Waals surface area contributed by atoms with Crippen molar-refractivity contribution in [1.29, 1.82) is 0 Å². The molecule has 1 saturated heterocycles. The fraction of sp³-hybridized carbons (Fsp3) is 0.333. The average Bonchev–Trinajstić information content (AvgIpc) is 3.05. The van der Waals surface area contributed by atoms with Crippen molar-refractivity contribution in [1.82, 2.24) is 20.5 Å². The molecule has 1 aliphatic heterocycles. The first-order valence-corrected chi connectivity index (χ1v) is 13.5. The fourth-order valence-corrected chi connectivity index (χ4v) is 6.48. The molecule has 1 aromatic heterocycles. The van der Waals surface area contributed by atoms with Crippen LogP contribution >= 0.6 is 11.8 Å². The third-order valence-corrected chi connectivity index (χ3v) is 8.33. The highest BCUT2D eigenvalue weighted by molar-refractivity contribution is 7.99. The third-order valence-electron chi connectivity index (χ3n) is 5.59. The van der Waals surface area contributed by atoms with Gasteiger partial charge < -0.3 is 5.32 Å². The maximum Gasteiger partial charge on any atom is 0.230 e. The van der Waals surface area contributed by atoms with Crippen LogP contribution in [-0.2, 0) is 14.6 Å². The molecule has 0 radical (unpaired) electrons. The highest BCUT2D eigenvalue weighted by atomic mass is 32.2. The summed E-state index contributed by atoms with van der Waals surface area (Å²) in [7, 11) is -3.10. The van der Waals surface area contributed by atoms with Gasteiger partial charge in [-0.15, -0.1) is 10.2 Å². The molecule has 0 spiro atoms. The number of nitrogens with zero attached hydrogens (tertiary/aromatic N) is 3. The summed E-state index contributed by atoms with van der Waals surface area (Å²) in [5.41, 5.74) is 4.78. The number of aryl methyl sites for hydroxylation is 2. The van der Waals surface area contributed by atoms with Crippen molar-refractivity contribution in [2.24, 2.45) is 0 Å². The Morgan fingerprint density at radius 2 is 1.55 bits per heavy atom. The minimum absolute atomic E-state index is 0.0305. The van der Waals surface area contributed by atoms with Gasteiger partial charge in [0.25, 0.3) is 0 Å². The molecule has 1 amide bonds. The first-order valence-electron chi connectivity index (χ1n) is 10.7. The van der Waals surface area contributed by atoms with Crippen molar-refractivity contribution in [3.05, 3.63) is 59.7 Å². The topological polar surface area (TPSA) is 102 Å². The summed E-state index contributed by atoms with van der Waals surface area (Å²) in [5, 5.41) is 11.9. The van der Waals surface area contributed by atoms with E-state index in [-0.39, 0.29) is 23.2 Å². The van der Waals surface area contributed by atoms with Gasteiger partial charge in [-0.1, -0.05) is 71.4 Å². The Bertz CT molecular complexity index is 1280. The molecule has 172 valence electrons. The Hall–Kier alpha value is -2.78.